The third kappa shape index (κ3) is 6.21. The van der Waals surface area contributed by atoms with E-state index in [9.17, 15) is 14.7 Å². The van der Waals surface area contributed by atoms with Gasteiger partial charge < -0.3 is 15.3 Å². The number of hydrogen-bond acceptors (Lipinski definition) is 6. The average molecular weight is 604 g/mol. The minimum Gasteiger partial charge on any atom is -0.477 e. The number of carbonyl (C=O) groups is 2. The van der Waals surface area contributed by atoms with E-state index in [1.54, 1.807) is 35.6 Å². The topological polar surface area (TPSA) is 93.5 Å². The highest BCUT2D eigenvalue weighted by Crippen LogP contribution is 2.41. The van der Waals surface area contributed by atoms with Crippen LogP contribution in [0, 0.1) is 12.3 Å². The number of nitrogens with zero attached hydrogens (tertiary/aromatic N) is 1. The van der Waals surface area contributed by atoms with Crippen molar-refractivity contribution >= 4 is 63.4 Å². The van der Waals surface area contributed by atoms with Gasteiger partial charge in [0, 0.05) is 43.1 Å². The molecule has 3 aromatic carbocycles. The average Bonchev–Trinajstić information content (AvgIpc) is 3.70. The molecule has 3 heterocycles. The van der Waals surface area contributed by atoms with E-state index in [4.69, 9.17) is 5.41 Å². The van der Waals surface area contributed by atoms with Crippen molar-refractivity contribution in [3.05, 3.63) is 119 Å². The number of carboxylic acids is 1. The standard InChI is InChI=1S/C35H29N3O3S2/c1-22-9-12-26(13-10-22)38-19-5-6-23-20-24(11-15-29(23)38)30-17-18-32(43-30)31-16-14-27(42-31)21-28(33(36)35(40)41)34(39)37-25-7-3-2-4-8-25/h2-4,7-18,20-21,36H,5-6,19H2,1H3,(H,37,39)(H,40,41)/b28-21-,36-33?. The minimum atomic E-state index is -1.46. The number of benzene rings is 3. The van der Waals surface area contributed by atoms with Crippen LogP contribution in [0.1, 0.15) is 22.4 Å². The maximum atomic E-state index is 12.9. The zero-order chi connectivity index (χ0) is 29.9. The maximum absolute atomic E-state index is 12.9. The number of fused-ring (bicyclic) bond motifs is 1. The summed E-state index contributed by atoms with van der Waals surface area (Å²) in [5.41, 5.74) is 5.86. The summed E-state index contributed by atoms with van der Waals surface area (Å²) in [6.07, 6.45) is 3.63. The first-order valence-electron chi connectivity index (χ1n) is 13.9. The van der Waals surface area contributed by atoms with Gasteiger partial charge in [0.2, 0.25) is 0 Å². The van der Waals surface area contributed by atoms with Crippen molar-refractivity contribution in [1.82, 2.24) is 0 Å². The first-order valence-corrected chi connectivity index (χ1v) is 15.6. The lowest BCUT2D eigenvalue weighted by atomic mass is 9.98. The Bertz CT molecular complexity index is 1850. The second-order valence-corrected chi connectivity index (χ2v) is 12.6. The van der Waals surface area contributed by atoms with E-state index in [1.165, 1.54) is 50.4 Å². The molecule has 0 saturated carbocycles. The van der Waals surface area contributed by atoms with Gasteiger partial charge in [0.25, 0.3) is 5.91 Å². The maximum Gasteiger partial charge on any atom is 0.354 e. The summed E-state index contributed by atoms with van der Waals surface area (Å²) in [4.78, 5) is 30.9. The van der Waals surface area contributed by atoms with Crippen molar-refractivity contribution in [3.8, 4) is 20.2 Å². The monoisotopic (exact) mass is 603 g/mol. The number of aliphatic carboxylic acids is 1. The predicted octanol–water partition coefficient (Wildman–Crippen LogP) is 8.66. The van der Waals surface area contributed by atoms with E-state index < -0.39 is 17.6 Å². The fourth-order valence-corrected chi connectivity index (χ4v) is 7.20. The molecule has 0 saturated heterocycles. The quantitative estimate of drug-likeness (QED) is 0.122. The molecule has 1 amide bonds. The molecule has 0 atom stereocenters. The molecular formula is C35H29N3O3S2. The number of amides is 1. The molecule has 1 aliphatic rings. The molecule has 43 heavy (non-hydrogen) atoms. The zero-order valence-electron chi connectivity index (χ0n) is 23.5. The molecule has 5 aromatic rings. The molecule has 0 unspecified atom stereocenters. The molecule has 0 fully saturated rings. The highest BCUT2D eigenvalue weighted by atomic mass is 32.1. The fraction of sp³-hybridized carbons (Fsp3) is 0.114. The van der Waals surface area contributed by atoms with E-state index in [0.29, 0.717) is 10.6 Å². The van der Waals surface area contributed by atoms with Crippen LogP contribution in [0.25, 0.3) is 26.3 Å². The van der Waals surface area contributed by atoms with Crippen LogP contribution in [0.4, 0.5) is 17.1 Å². The molecule has 6 nitrogen and oxygen atoms in total. The van der Waals surface area contributed by atoms with Gasteiger partial charge in [-0.3, -0.25) is 10.2 Å². The molecule has 214 valence electrons. The number of carbonyl (C=O) groups excluding carboxylic acids is 1. The summed E-state index contributed by atoms with van der Waals surface area (Å²) in [5.74, 6) is -2.10. The van der Waals surface area contributed by atoms with Gasteiger partial charge in [0.1, 0.15) is 0 Å². The van der Waals surface area contributed by atoms with Crippen LogP contribution in [0.15, 0.2) is 103 Å². The largest absolute Gasteiger partial charge is 0.477 e. The Morgan fingerprint density at radius 2 is 1.60 bits per heavy atom. The van der Waals surface area contributed by atoms with Crippen LogP contribution < -0.4 is 10.2 Å². The summed E-state index contributed by atoms with van der Waals surface area (Å²) in [7, 11) is 0. The van der Waals surface area contributed by atoms with Crippen molar-refractivity contribution in [2.45, 2.75) is 19.8 Å². The third-order valence-electron chi connectivity index (χ3n) is 7.35. The molecule has 0 spiro atoms. The van der Waals surface area contributed by atoms with Crippen LogP contribution in [-0.4, -0.2) is 29.2 Å². The van der Waals surface area contributed by atoms with Gasteiger partial charge in [0.05, 0.1) is 5.57 Å². The Kier molecular flexibility index (Phi) is 8.05. The lowest BCUT2D eigenvalue weighted by Gasteiger charge is -2.31. The fourth-order valence-electron chi connectivity index (χ4n) is 5.16. The highest BCUT2D eigenvalue weighted by molar-refractivity contribution is 7.24. The number of hydrogen-bond donors (Lipinski definition) is 3. The Hall–Kier alpha value is -4.79. The Morgan fingerprint density at radius 1 is 0.884 bits per heavy atom. The van der Waals surface area contributed by atoms with Gasteiger partial charge in [0.15, 0.2) is 5.71 Å². The predicted molar refractivity (Wildman–Crippen MR) is 178 cm³/mol. The minimum absolute atomic E-state index is 0.203. The molecule has 0 radical (unpaired) electrons. The normalized spacial score (nSPS) is 13.0. The SMILES string of the molecule is Cc1ccc(N2CCCc3cc(-c4ccc(-c5ccc(/C=C(/C(=N)C(=O)O)C(=O)Nc6ccccc6)s5)s4)ccc32)cc1. The Morgan fingerprint density at radius 3 is 2.37 bits per heavy atom. The molecule has 2 aromatic heterocycles. The summed E-state index contributed by atoms with van der Waals surface area (Å²) in [6.45, 7) is 3.12. The van der Waals surface area contributed by atoms with Crippen LogP contribution in [0.2, 0.25) is 0 Å². The summed E-state index contributed by atoms with van der Waals surface area (Å²) in [5, 5.41) is 20.2. The van der Waals surface area contributed by atoms with Crippen LogP contribution in [0.3, 0.4) is 0 Å². The first-order chi connectivity index (χ1) is 20.9. The van der Waals surface area contributed by atoms with Crippen LogP contribution >= 0.6 is 22.7 Å². The number of rotatable bonds is 8. The van der Waals surface area contributed by atoms with Gasteiger partial charge in [-0.2, -0.15) is 0 Å². The Balaban J connectivity index is 1.23. The molecule has 0 aliphatic carbocycles. The number of carboxylic acid groups (broad SMARTS) is 1. The Labute approximate surface area is 258 Å². The molecule has 3 N–H and O–H groups in total. The van der Waals surface area contributed by atoms with E-state index >= 15 is 0 Å². The number of para-hydroxylation sites is 1. The number of anilines is 3. The molecule has 1 aliphatic heterocycles. The van der Waals surface area contributed by atoms with Gasteiger partial charge in [-0.1, -0.05) is 42.0 Å². The first kappa shape index (κ1) is 28.3. The van der Waals surface area contributed by atoms with Crippen LogP contribution in [-0.2, 0) is 16.0 Å². The van der Waals surface area contributed by atoms with Crippen molar-refractivity contribution in [1.29, 1.82) is 5.41 Å². The second kappa shape index (κ2) is 12.2. The van der Waals surface area contributed by atoms with E-state index in [0.717, 1.165) is 29.1 Å². The number of nitrogens with one attached hydrogen (secondary N) is 2. The van der Waals surface area contributed by atoms with Gasteiger partial charge in [-0.15, -0.1) is 22.7 Å². The van der Waals surface area contributed by atoms with E-state index in [1.807, 2.05) is 18.2 Å². The van der Waals surface area contributed by atoms with Crippen LogP contribution in [0.5, 0.6) is 0 Å². The lowest BCUT2D eigenvalue weighted by molar-refractivity contribution is -0.129. The van der Waals surface area contributed by atoms with Gasteiger partial charge in [-0.25, -0.2) is 4.79 Å². The molecule has 6 rings (SSSR count). The molecular weight excluding hydrogens is 575 g/mol. The summed E-state index contributed by atoms with van der Waals surface area (Å²) in [6, 6.07) is 32.3. The zero-order valence-corrected chi connectivity index (χ0v) is 25.1. The number of thiophene rings is 2. The lowest BCUT2D eigenvalue weighted by Crippen LogP contribution is -2.25. The highest BCUT2D eigenvalue weighted by Gasteiger charge is 2.22. The van der Waals surface area contributed by atoms with Gasteiger partial charge in [-0.05, 0) is 97.6 Å². The summed E-state index contributed by atoms with van der Waals surface area (Å²) >= 11 is 3.16. The molecule has 0 bridgehead atoms. The van der Waals surface area contributed by atoms with Gasteiger partial charge >= 0.3 is 5.97 Å². The van der Waals surface area contributed by atoms with Crippen molar-refractivity contribution in [2.75, 3.05) is 16.8 Å². The molecule has 8 heteroatoms. The second-order valence-electron chi connectivity index (χ2n) is 10.4. The van der Waals surface area contributed by atoms with Crippen molar-refractivity contribution < 1.29 is 14.7 Å². The smallest absolute Gasteiger partial charge is 0.354 e. The van der Waals surface area contributed by atoms with E-state index in [2.05, 4.69) is 71.7 Å². The van der Waals surface area contributed by atoms with E-state index in [-0.39, 0.29) is 5.57 Å². The van der Waals surface area contributed by atoms with Crippen molar-refractivity contribution in [2.24, 2.45) is 0 Å². The summed E-state index contributed by atoms with van der Waals surface area (Å²) < 4.78 is 0. The third-order valence-corrected chi connectivity index (χ3v) is 9.71. The number of aryl methyl sites for hydroxylation is 2. The van der Waals surface area contributed by atoms with Crippen molar-refractivity contribution in [3.63, 3.8) is 0 Å².